The molecule has 0 aliphatic rings. The summed E-state index contributed by atoms with van der Waals surface area (Å²) < 4.78 is 4.93. The molecule has 0 aromatic heterocycles. The van der Waals surface area contributed by atoms with Crippen LogP contribution in [0.25, 0.3) is 0 Å². The SMILES string of the molecule is COCc1ccccc1.N=C=O.N=C=O. The van der Waals surface area contributed by atoms with E-state index in [-0.39, 0.29) is 0 Å². The molecule has 0 saturated carbocycles. The third-order valence-corrected chi connectivity index (χ3v) is 1.15. The summed E-state index contributed by atoms with van der Waals surface area (Å²) in [4.78, 5) is 16.7. The fraction of sp³-hybridized carbons (Fsp3) is 0.200. The molecule has 0 heterocycles. The largest absolute Gasteiger partial charge is 0.380 e. The van der Waals surface area contributed by atoms with Crippen LogP contribution in [0.4, 0.5) is 0 Å². The summed E-state index contributed by atoms with van der Waals surface area (Å²) in [6.07, 6.45) is 1.50. The van der Waals surface area contributed by atoms with E-state index in [0.717, 1.165) is 12.2 Å². The van der Waals surface area contributed by atoms with Gasteiger partial charge in [0.15, 0.2) is 0 Å². The molecule has 0 radical (unpaired) electrons. The van der Waals surface area contributed by atoms with Gasteiger partial charge in [-0.3, -0.25) is 0 Å². The second kappa shape index (κ2) is 14.5. The summed E-state index contributed by atoms with van der Waals surface area (Å²) in [6, 6.07) is 10.1. The van der Waals surface area contributed by atoms with Crippen LogP contribution in [0.5, 0.6) is 0 Å². The van der Waals surface area contributed by atoms with Crippen LogP contribution in [0.1, 0.15) is 5.56 Å². The first-order valence-corrected chi connectivity index (χ1v) is 3.87. The Morgan fingerprint density at radius 1 is 1.13 bits per heavy atom. The van der Waals surface area contributed by atoms with Gasteiger partial charge in [-0.1, -0.05) is 30.3 Å². The molecule has 0 saturated heterocycles. The van der Waals surface area contributed by atoms with Crippen LogP contribution < -0.4 is 0 Å². The van der Waals surface area contributed by atoms with Crippen molar-refractivity contribution in [1.82, 2.24) is 0 Å². The predicted molar refractivity (Wildman–Crippen MR) is 54.0 cm³/mol. The van der Waals surface area contributed by atoms with Gasteiger partial charge < -0.3 is 4.74 Å². The van der Waals surface area contributed by atoms with E-state index in [0.29, 0.717) is 6.61 Å². The van der Waals surface area contributed by atoms with Crippen molar-refractivity contribution in [2.45, 2.75) is 6.61 Å². The van der Waals surface area contributed by atoms with Crippen molar-refractivity contribution in [2.75, 3.05) is 7.11 Å². The summed E-state index contributed by atoms with van der Waals surface area (Å²) in [6.45, 7) is 0.709. The van der Waals surface area contributed by atoms with Crippen LogP contribution >= 0.6 is 0 Å². The fourth-order valence-electron chi connectivity index (χ4n) is 0.741. The molecular formula is C10H12N2O3. The zero-order chi connectivity index (χ0) is 11.9. The van der Waals surface area contributed by atoms with Crippen molar-refractivity contribution >= 4 is 12.2 Å². The first-order valence-electron chi connectivity index (χ1n) is 3.87. The van der Waals surface area contributed by atoms with Crippen molar-refractivity contribution in [2.24, 2.45) is 0 Å². The number of hydrogen-bond acceptors (Lipinski definition) is 5. The Bertz CT molecular complexity index is 288. The average molecular weight is 208 g/mol. The van der Waals surface area contributed by atoms with Crippen LogP contribution in [0.3, 0.4) is 0 Å². The molecular weight excluding hydrogens is 196 g/mol. The van der Waals surface area contributed by atoms with Gasteiger partial charge in [-0.15, -0.1) is 0 Å². The maximum Gasteiger partial charge on any atom is 0.231 e. The Kier molecular flexibility index (Phi) is 14.9. The number of hydrogen-bond donors (Lipinski definition) is 2. The molecule has 2 N–H and O–H groups in total. The maximum absolute atomic E-state index is 8.35. The summed E-state index contributed by atoms with van der Waals surface area (Å²) in [5.41, 5.74) is 1.22. The number of carbonyl (C=O) groups excluding carboxylic acids is 2. The number of methoxy groups -OCH3 is 1. The Labute approximate surface area is 87.7 Å². The lowest BCUT2D eigenvalue weighted by Crippen LogP contribution is -1.84. The summed E-state index contributed by atoms with van der Waals surface area (Å²) in [5.74, 6) is 0. The number of ether oxygens (including phenoxy) is 1. The first kappa shape index (κ1) is 15.4. The van der Waals surface area contributed by atoms with Gasteiger partial charge in [0.2, 0.25) is 12.2 Å². The van der Waals surface area contributed by atoms with Gasteiger partial charge in [-0.05, 0) is 5.56 Å². The van der Waals surface area contributed by atoms with Crippen molar-refractivity contribution in [3.8, 4) is 0 Å². The molecule has 0 amide bonds. The Morgan fingerprint density at radius 2 is 1.53 bits per heavy atom. The molecule has 1 rings (SSSR count). The molecule has 0 aliphatic heterocycles. The fourth-order valence-corrected chi connectivity index (χ4v) is 0.741. The zero-order valence-corrected chi connectivity index (χ0v) is 8.32. The summed E-state index contributed by atoms with van der Waals surface area (Å²) in [5, 5.41) is 10.8. The molecule has 0 spiro atoms. The molecule has 1 aromatic carbocycles. The smallest absolute Gasteiger partial charge is 0.231 e. The lowest BCUT2D eigenvalue weighted by Gasteiger charge is -1.95. The van der Waals surface area contributed by atoms with Gasteiger partial charge in [-0.2, -0.15) is 0 Å². The second-order valence-corrected chi connectivity index (χ2v) is 2.12. The second-order valence-electron chi connectivity index (χ2n) is 2.12. The highest BCUT2D eigenvalue weighted by molar-refractivity contribution is 5.26. The van der Waals surface area contributed by atoms with Crippen LogP contribution in [-0.4, -0.2) is 19.3 Å². The molecule has 80 valence electrons. The van der Waals surface area contributed by atoms with Crippen molar-refractivity contribution < 1.29 is 14.3 Å². The van der Waals surface area contributed by atoms with E-state index in [1.807, 2.05) is 30.3 Å². The molecule has 5 nitrogen and oxygen atoms in total. The first-order chi connectivity index (χ1) is 7.26. The number of nitrogens with one attached hydrogen (secondary N) is 2. The topological polar surface area (TPSA) is 91.1 Å². The minimum atomic E-state index is 0.709. The van der Waals surface area contributed by atoms with Gasteiger partial charge in [0.25, 0.3) is 0 Å². The Balaban J connectivity index is 0. The van der Waals surface area contributed by atoms with E-state index in [1.165, 1.54) is 5.56 Å². The Morgan fingerprint density at radius 3 is 1.87 bits per heavy atom. The number of isocyanates is 2. The highest BCUT2D eigenvalue weighted by atomic mass is 16.5. The van der Waals surface area contributed by atoms with Crippen molar-refractivity contribution in [1.29, 1.82) is 10.8 Å². The summed E-state index contributed by atoms with van der Waals surface area (Å²) >= 11 is 0. The van der Waals surface area contributed by atoms with E-state index in [9.17, 15) is 0 Å². The van der Waals surface area contributed by atoms with E-state index in [2.05, 4.69) is 0 Å². The van der Waals surface area contributed by atoms with E-state index in [4.69, 9.17) is 25.1 Å². The molecule has 0 unspecified atom stereocenters. The molecule has 5 heteroatoms. The normalized spacial score (nSPS) is 6.73. The van der Waals surface area contributed by atoms with Crippen LogP contribution in [0.2, 0.25) is 0 Å². The molecule has 0 atom stereocenters. The van der Waals surface area contributed by atoms with Gasteiger partial charge >= 0.3 is 0 Å². The van der Waals surface area contributed by atoms with Gasteiger partial charge in [0.1, 0.15) is 0 Å². The predicted octanol–water partition coefficient (Wildman–Crippen LogP) is 1.63. The monoisotopic (exact) mass is 208 g/mol. The van der Waals surface area contributed by atoms with Crippen LogP contribution in [-0.2, 0) is 20.9 Å². The molecule has 15 heavy (non-hydrogen) atoms. The highest BCUT2D eigenvalue weighted by Crippen LogP contribution is 1.98. The number of rotatable bonds is 2. The molecule has 0 bridgehead atoms. The minimum absolute atomic E-state index is 0.709. The standard InChI is InChI=1S/C8H10O.2CHNO/c1-9-7-8-5-3-2-4-6-8;2*2-1-3/h2-6H,7H2,1H3;2*2H. The van der Waals surface area contributed by atoms with Gasteiger partial charge in [0, 0.05) is 7.11 Å². The van der Waals surface area contributed by atoms with E-state index >= 15 is 0 Å². The highest BCUT2D eigenvalue weighted by Gasteiger charge is 1.84. The summed E-state index contributed by atoms with van der Waals surface area (Å²) in [7, 11) is 1.70. The van der Waals surface area contributed by atoms with Crippen molar-refractivity contribution in [3.05, 3.63) is 35.9 Å². The minimum Gasteiger partial charge on any atom is -0.380 e. The lowest BCUT2D eigenvalue weighted by atomic mass is 10.2. The van der Waals surface area contributed by atoms with Crippen LogP contribution in [0, 0.1) is 10.8 Å². The number of benzene rings is 1. The third kappa shape index (κ3) is 14.8. The van der Waals surface area contributed by atoms with E-state index in [1.54, 1.807) is 7.11 Å². The molecule has 1 aromatic rings. The average Bonchev–Trinajstić information content (AvgIpc) is 2.22. The van der Waals surface area contributed by atoms with Crippen molar-refractivity contribution in [3.63, 3.8) is 0 Å². The molecule has 0 fully saturated rings. The van der Waals surface area contributed by atoms with E-state index < -0.39 is 0 Å². The zero-order valence-electron chi connectivity index (χ0n) is 8.32. The maximum atomic E-state index is 8.35. The third-order valence-electron chi connectivity index (χ3n) is 1.15. The van der Waals surface area contributed by atoms with Crippen LogP contribution in [0.15, 0.2) is 30.3 Å². The van der Waals surface area contributed by atoms with Gasteiger partial charge in [0.05, 0.1) is 6.61 Å². The van der Waals surface area contributed by atoms with Gasteiger partial charge in [-0.25, -0.2) is 20.4 Å². The quantitative estimate of drug-likeness (QED) is 0.571. The Hall–Kier alpha value is -2.06. The lowest BCUT2D eigenvalue weighted by molar-refractivity contribution is 0.185. The molecule has 0 aliphatic carbocycles.